The van der Waals surface area contributed by atoms with Gasteiger partial charge in [0.05, 0.1) is 13.2 Å². The second-order valence-corrected chi connectivity index (χ2v) is 5.95. The lowest BCUT2D eigenvalue weighted by Gasteiger charge is -2.26. The quantitative estimate of drug-likeness (QED) is 0.428. The molecule has 0 atom stereocenters. The summed E-state index contributed by atoms with van der Waals surface area (Å²) in [7, 11) is 0. The van der Waals surface area contributed by atoms with Crippen molar-refractivity contribution in [3.8, 4) is 0 Å². The van der Waals surface area contributed by atoms with Crippen molar-refractivity contribution >= 4 is 5.78 Å². The van der Waals surface area contributed by atoms with Crippen LogP contribution in [0.4, 0.5) is 0 Å². The minimum Gasteiger partial charge on any atom is -0.395 e. The highest BCUT2D eigenvalue weighted by Crippen LogP contribution is 2.07. The summed E-state index contributed by atoms with van der Waals surface area (Å²) in [5, 5.41) is 15.0. The van der Waals surface area contributed by atoms with Gasteiger partial charge in [0, 0.05) is 32.4 Å². The Labute approximate surface area is 138 Å². The largest absolute Gasteiger partial charge is 0.395 e. The molecule has 0 aliphatic carbocycles. The van der Waals surface area contributed by atoms with Crippen molar-refractivity contribution in [2.45, 2.75) is 25.8 Å². The molecule has 1 aliphatic heterocycles. The van der Waals surface area contributed by atoms with Gasteiger partial charge in [-0.25, -0.2) is 0 Å². The maximum Gasteiger partial charge on any atom is 0.194 e. The lowest BCUT2D eigenvalue weighted by atomic mass is 10.1. The van der Waals surface area contributed by atoms with E-state index in [4.69, 9.17) is 5.11 Å². The van der Waals surface area contributed by atoms with E-state index in [1.54, 1.807) is 12.3 Å². The number of aliphatic hydroxyl groups is 1. The van der Waals surface area contributed by atoms with Crippen LogP contribution < -0.4 is 10.6 Å². The van der Waals surface area contributed by atoms with Crippen molar-refractivity contribution in [2.24, 2.45) is 0 Å². The number of carbonyl (C=O) groups is 1. The van der Waals surface area contributed by atoms with Crippen LogP contribution in [0, 0.1) is 0 Å². The van der Waals surface area contributed by atoms with Crippen LogP contribution in [0.25, 0.3) is 0 Å². The molecule has 0 unspecified atom stereocenters. The molecule has 1 aromatic heterocycles. The molecule has 1 aromatic rings. The van der Waals surface area contributed by atoms with Crippen LogP contribution in [0.15, 0.2) is 18.3 Å². The molecule has 0 radical (unpaired) electrons. The fourth-order valence-corrected chi connectivity index (χ4v) is 2.72. The van der Waals surface area contributed by atoms with Crippen LogP contribution in [0.3, 0.4) is 0 Å². The first-order valence-electron chi connectivity index (χ1n) is 8.52. The summed E-state index contributed by atoms with van der Waals surface area (Å²) in [6.07, 6.45) is 5.65. The van der Waals surface area contributed by atoms with Crippen LogP contribution in [0.2, 0.25) is 0 Å². The summed E-state index contributed by atoms with van der Waals surface area (Å²) in [4.78, 5) is 18.8. The Kier molecular flexibility index (Phi) is 8.17. The average molecular weight is 320 g/mol. The van der Waals surface area contributed by atoms with Crippen molar-refractivity contribution in [2.75, 3.05) is 45.9 Å². The van der Waals surface area contributed by atoms with Gasteiger partial charge in [-0.3, -0.25) is 9.78 Å². The number of hydrogen-bond acceptors (Lipinski definition) is 6. The molecule has 1 saturated heterocycles. The Balaban J connectivity index is 1.64. The van der Waals surface area contributed by atoms with E-state index in [9.17, 15) is 4.79 Å². The van der Waals surface area contributed by atoms with Crippen LogP contribution in [-0.2, 0) is 6.54 Å². The third-order valence-corrected chi connectivity index (χ3v) is 4.07. The van der Waals surface area contributed by atoms with Crippen molar-refractivity contribution in [3.05, 3.63) is 29.6 Å². The molecule has 0 aromatic carbocycles. The van der Waals surface area contributed by atoms with Crippen LogP contribution in [0.1, 0.15) is 35.3 Å². The van der Waals surface area contributed by atoms with Gasteiger partial charge in [-0.15, -0.1) is 0 Å². The average Bonchev–Trinajstić information content (AvgIpc) is 2.60. The lowest BCUT2D eigenvalue weighted by molar-refractivity contribution is 0.0985. The molecule has 1 fully saturated rings. The smallest absolute Gasteiger partial charge is 0.194 e. The van der Waals surface area contributed by atoms with Gasteiger partial charge in [0.25, 0.3) is 0 Å². The van der Waals surface area contributed by atoms with Crippen LogP contribution in [-0.4, -0.2) is 66.6 Å². The van der Waals surface area contributed by atoms with Gasteiger partial charge in [-0.05, 0) is 37.6 Å². The predicted octanol–water partition coefficient (Wildman–Crippen LogP) is 0.422. The molecular formula is C17H28N4O2. The van der Waals surface area contributed by atoms with Crippen LogP contribution >= 0.6 is 0 Å². The zero-order valence-corrected chi connectivity index (χ0v) is 13.8. The molecule has 128 valence electrons. The van der Waals surface area contributed by atoms with Gasteiger partial charge in [0.1, 0.15) is 5.69 Å². The molecule has 1 aliphatic rings. The summed E-state index contributed by atoms with van der Waals surface area (Å²) < 4.78 is 0. The molecule has 0 saturated carbocycles. The number of pyridine rings is 1. The second kappa shape index (κ2) is 10.4. The number of nitrogens with zero attached hydrogens (tertiary/aromatic N) is 2. The Hall–Kier alpha value is -1.34. The summed E-state index contributed by atoms with van der Waals surface area (Å²) >= 11 is 0. The number of aromatic nitrogens is 1. The topological polar surface area (TPSA) is 77.5 Å². The predicted molar refractivity (Wildman–Crippen MR) is 90.5 cm³/mol. The lowest BCUT2D eigenvalue weighted by Crippen LogP contribution is -2.37. The van der Waals surface area contributed by atoms with E-state index in [0.717, 1.165) is 18.7 Å². The number of Topliss-reactive ketones (excluding diaryl/α,β-unsaturated/α-hetero) is 1. The Morgan fingerprint density at radius 2 is 2.00 bits per heavy atom. The van der Waals surface area contributed by atoms with Crippen molar-refractivity contribution in [3.63, 3.8) is 0 Å². The number of nitrogens with one attached hydrogen (secondary N) is 2. The molecule has 3 N–H and O–H groups in total. The summed E-state index contributed by atoms with van der Waals surface area (Å²) in [5.41, 5.74) is 1.51. The summed E-state index contributed by atoms with van der Waals surface area (Å²) in [6.45, 7) is 5.88. The Morgan fingerprint density at radius 3 is 2.70 bits per heavy atom. The van der Waals surface area contributed by atoms with E-state index in [0.29, 0.717) is 25.3 Å². The van der Waals surface area contributed by atoms with Gasteiger partial charge in [-0.1, -0.05) is 12.5 Å². The highest BCUT2D eigenvalue weighted by atomic mass is 16.3. The number of carbonyl (C=O) groups excluding carboxylic acids is 1. The van der Waals surface area contributed by atoms with Crippen LogP contribution in [0.5, 0.6) is 0 Å². The van der Waals surface area contributed by atoms with Crippen molar-refractivity contribution in [1.82, 2.24) is 20.5 Å². The minimum absolute atomic E-state index is 0.0264. The molecule has 2 heterocycles. The van der Waals surface area contributed by atoms with E-state index in [2.05, 4.69) is 20.5 Å². The fourth-order valence-electron chi connectivity index (χ4n) is 2.72. The first-order chi connectivity index (χ1) is 11.3. The molecule has 6 heteroatoms. The van der Waals surface area contributed by atoms with E-state index in [1.165, 1.54) is 32.4 Å². The summed E-state index contributed by atoms with van der Waals surface area (Å²) in [5.74, 6) is 0.0264. The molecule has 0 amide bonds. The fraction of sp³-hybridized carbons (Fsp3) is 0.647. The molecule has 6 nitrogen and oxygen atoms in total. The first-order valence-corrected chi connectivity index (χ1v) is 8.52. The standard InChI is InChI=1S/C17H28N4O2/c22-11-7-19-12-15-4-5-16(20-13-15)17(23)14-18-6-10-21-8-2-1-3-9-21/h4-5,13,18-19,22H,1-3,6-12,14H2. The van der Waals surface area contributed by atoms with Gasteiger partial charge in [0.2, 0.25) is 0 Å². The maximum absolute atomic E-state index is 12.1. The van der Waals surface area contributed by atoms with Gasteiger partial charge in [-0.2, -0.15) is 0 Å². The highest BCUT2D eigenvalue weighted by Gasteiger charge is 2.10. The number of hydrogen-bond donors (Lipinski definition) is 3. The van der Waals surface area contributed by atoms with Gasteiger partial charge >= 0.3 is 0 Å². The monoisotopic (exact) mass is 320 g/mol. The Morgan fingerprint density at radius 1 is 1.17 bits per heavy atom. The molecular weight excluding hydrogens is 292 g/mol. The molecule has 0 bridgehead atoms. The molecule has 0 spiro atoms. The zero-order valence-electron chi connectivity index (χ0n) is 13.8. The SMILES string of the molecule is O=C(CNCCN1CCCCC1)c1ccc(CNCCO)cn1. The number of piperidine rings is 1. The first kappa shape index (κ1) is 18.0. The van der Waals surface area contributed by atoms with E-state index in [-0.39, 0.29) is 12.4 Å². The minimum atomic E-state index is 0.0264. The Bertz CT molecular complexity index is 458. The van der Waals surface area contributed by atoms with E-state index >= 15 is 0 Å². The number of ketones is 1. The van der Waals surface area contributed by atoms with E-state index in [1.807, 2.05) is 6.07 Å². The number of likely N-dealkylation sites (tertiary alicyclic amines) is 1. The van der Waals surface area contributed by atoms with E-state index < -0.39 is 0 Å². The molecule has 2 rings (SSSR count). The normalized spacial score (nSPS) is 15.7. The third kappa shape index (κ3) is 6.74. The zero-order chi connectivity index (χ0) is 16.3. The highest BCUT2D eigenvalue weighted by molar-refractivity contribution is 5.95. The summed E-state index contributed by atoms with van der Waals surface area (Å²) in [6, 6.07) is 3.67. The van der Waals surface area contributed by atoms with Gasteiger partial charge < -0.3 is 20.6 Å². The number of aliphatic hydroxyl groups excluding tert-OH is 1. The van der Waals surface area contributed by atoms with Crippen molar-refractivity contribution < 1.29 is 9.90 Å². The third-order valence-electron chi connectivity index (χ3n) is 4.07. The maximum atomic E-state index is 12.1. The number of rotatable bonds is 10. The van der Waals surface area contributed by atoms with Crippen molar-refractivity contribution in [1.29, 1.82) is 0 Å². The molecule has 23 heavy (non-hydrogen) atoms. The second-order valence-electron chi connectivity index (χ2n) is 5.95. The van der Waals surface area contributed by atoms with Gasteiger partial charge in [0.15, 0.2) is 5.78 Å².